The molecule has 0 bridgehead atoms. The summed E-state index contributed by atoms with van der Waals surface area (Å²) in [7, 11) is 0. The zero-order chi connectivity index (χ0) is 13.1. The molecule has 2 aliphatic carbocycles. The van der Waals surface area contributed by atoms with Gasteiger partial charge in [0.1, 0.15) is 0 Å². The molecule has 0 radical (unpaired) electrons. The fraction of sp³-hybridized carbons (Fsp3) is 0.933. The Morgan fingerprint density at radius 3 is 2.72 bits per heavy atom. The van der Waals surface area contributed by atoms with Crippen LogP contribution in [0.3, 0.4) is 0 Å². The highest BCUT2D eigenvalue weighted by Crippen LogP contribution is 2.62. The van der Waals surface area contributed by atoms with E-state index in [1.54, 1.807) is 0 Å². The first-order valence-corrected chi connectivity index (χ1v) is 7.21. The molecule has 3 aliphatic rings. The summed E-state index contributed by atoms with van der Waals surface area (Å²) in [5, 5.41) is 10.4. The van der Waals surface area contributed by atoms with Crippen molar-refractivity contribution in [2.75, 3.05) is 6.61 Å². The molecule has 1 saturated heterocycles. The molecule has 18 heavy (non-hydrogen) atoms. The lowest BCUT2D eigenvalue weighted by atomic mass is 9.46. The van der Waals surface area contributed by atoms with Crippen LogP contribution in [0.1, 0.15) is 46.5 Å². The maximum atomic E-state index is 12.1. The monoisotopic (exact) mass is 252 g/mol. The van der Waals surface area contributed by atoms with Gasteiger partial charge in [0, 0.05) is 5.92 Å². The predicted octanol–water partition coefficient (Wildman–Crippen LogP) is 2.37. The Balaban J connectivity index is 2.02. The normalized spacial score (nSPS) is 50.3. The van der Waals surface area contributed by atoms with Crippen LogP contribution in [0.5, 0.6) is 0 Å². The maximum Gasteiger partial charge on any atom is 0.310 e. The minimum Gasteiger partial charge on any atom is -0.465 e. The summed E-state index contributed by atoms with van der Waals surface area (Å²) in [5.74, 6) is 0.322. The SMILES string of the molecule is CC1(C)CCC[C@]2(C)[C@H]3C(=O)OC[C@@H]3[C@@H](O)C[C@@H]12. The lowest BCUT2D eigenvalue weighted by Crippen LogP contribution is -2.56. The molecule has 3 heteroatoms. The summed E-state index contributed by atoms with van der Waals surface area (Å²) >= 11 is 0. The number of carbonyl (C=O) groups excluding carboxylic acids is 1. The average Bonchev–Trinajstić information content (AvgIpc) is 2.66. The zero-order valence-electron chi connectivity index (χ0n) is 11.6. The number of hydrogen-bond acceptors (Lipinski definition) is 3. The van der Waals surface area contributed by atoms with Crippen LogP contribution in [0.25, 0.3) is 0 Å². The van der Waals surface area contributed by atoms with Gasteiger partial charge in [0.15, 0.2) is 0 Å². The number of rotatable bonds is 0. The highest BCUT2D eigenvalue weighted by atomic mass is 16.5. The minimum absolute atomic E-state index is 0.0270. The Morgan fingerprint density at radius 1 is 1.28 bits per heavy atom. The molecule has 1 heterocycles. The number of ether oxygens (including phenoxy) is 1. The van der Waals surface area contributed by atoms with Crippen LogP contribution < -0.4 is 0 Å². The lowest BCUT2D eigenvalue weighted by molar-refractivity contribution is -0.160. The van der Waals surface area contributed by atoms with Crippen molar-refractivity contribution in [3.8, 4) is 0 Å². The van der Waals surface area contributed by atoms with Crippen molar-refractivity contribution in [1.29, 1.82) is 0 Å². The molecule has 0 aromatic heterocycles. The van der Waals surface area contributed by atoms with Gasteiger partial charge in [-0.2, -0.15) is 0 Å². The topological polar surface area (TPSA) is 46.5 Å². The third-order valence-corrected chi connectivity index (χ3v) is 6.06. The van der Waals surface area contributed by atoms with E-state index in [4.69, 9.17) is 4.74 Å². The van der Waals surface area contributed by atoms with Crippen LogP contribution in [0.15, 0.2) is 0 Å². The Kier molecular flexibility index (Phi) is 2.58. The summed E-state index contributed by atoms with van der Waals surface area (Å²) < 4.78 is 5.25. The van der Waals surface area contributed by atoms with Crippen LogP contribution in [0.2, 0.25) is 0 Å². The molecule has 3 rings (SSSR count). The van der Waals surface area contributed by atoms with E-state index in [0.29, 0.717) is 12.5 Å². The van der Waals surface area contributed by atoms with Crippen molar-refractivity contribution in [3.63, 3.8) is 0 Å². The van der Waals surface area contributed by atoms with Gasteiger partial charge in [0.2, 0.25) is 0 Å². The molecule has 0 aromatic carbocycles. The van der Waals surface area contributed by atoms with E-state index in [2.05, 4.69) is 20.8 Å². The third kappa shape index (κ3) is 1.49. The van der Waals surface area contributed by atoms with Gasteiger partial charge in [-0.05, 0) is 36.0 Å². The molecule has 0 unspecified atom stereocenters. The summed E-state index contributed by atoms with van der Waals surface area (Å²) in [5.41, 5.74) is 0.251. The van der Waals surface area contributed by atoms with Crippen molar-refractivity contribution < 1.29 is 14.6 Å². The molecule has 2 saturated carbocycles. The first-order valence-electron chi connectivity index (χ1n) is 7.21. The number of fused-ring (bicyclic) bond motifs is 3. The Labute approximate surface area is 109 Å². The molecule has 5 atom stereocenters. The highest BCUT2D eigenvalue weighted by Gasteiger charge is 2.62. The molecule has 102 valence electrons. The van der Waals surface area contributed by atoms with Gasteiger partial charge in [0.05, 0.1) is 18.6 Å². The molecule has 0 amide bonds. The quantitative estimate of drug-likeness (QED) is 0.673. The van der Waals surface area contributed by atoms with E-state index in [9.17, 15) is 9.90 Å². The fourth-order valence-corrected chi connectivity index (χ4v) is 5.17. The van der Waals surface area contributed by atoms with Crippen molar-refractivity contribution in [2.24, 2.45) is 28.6 Å². The second-order valence-electron chi connectivity index (χ2n) is 7.48. The highest BCUT2D eigenvalue weighted by molar-refractivity contribution is 5.76. The van der Waals surface area contributed by atoms with Gasteiger partial charge in [-0.25, -0.2) is 0 Å². The fourth-order valence-electron chi connectivity index (χ4n) is 5.17. The van der Waals surface area contributed by atoms with Crippen LogP contribution in [-0.2, 0) is 9.53 Å². The predicted molar refractivity (Wildman–Crippen MR) is 67.8 cm³/mol. The molecule has 3 nitrogen and oxygen atoms in total. The van der Waals surface area contributed by atoms with Gasteiger partial charge in [-0.3, -0.25) is 4.79 Å². The van der Waals surface area contributed by atoms with E-state index in [-0.39, 0.29) is 34.7 Å². The summed E-state index contributed by atoms with van der Waals surface area (Å²) in [6, 6.07) is 0. The number of esters is 1. The Hall–Kier alpha value is -0.570. The average molecular weight is 252 g/mol. The molecular weight excluding hydrogens is 228 g/mol. The van der Waals surface area contributed by atoms with Gasteiger partial charge in [0.25, 0.3) is 0 Å². The first-order chi connectivity index (χ1) is 8.36. The van der Waals surface area contributed by atoms with Crippen molar-refractivity contribution in [2.45, 2.75) is 52.6 Å². The number of carbonyl (C=O) groups is 1. The number of hydrogen-bond donors (Lipinski definition) is 1. The van der Waals surface area contributed by atoms with Gasteiger partial charge < -0.3 is 9.84 Å². The first kappa shape index (κ1) is 12.5. The van der Waals surface area contributed by atoms with Crippen molar-refractivity contribution >= 4 is 5.97 Å². The second kappa shape index (κ2) is 3.72. The summed E-state index contributed by atoms with van der Waals surface area (Å²) in [6.45, 7) is 7.27. The maximum absolute atomic E-state index is 12.1. The summed E-state index contributed by atoms with van der Waals surface area (Å²) in [4.78, 5) is 12.1. The Bertz CT molecular complexity index is 376. The number of aliphatic hydroxyl groups is 1. The molecule has 1 aliphatic heterocycles. The van der Waals surface area contributed by atoms with Crippen molar-refractivity contribution in [3.05, 3.63) is 0 Å². The zero-order valence-corrected chi connectivity index (χ0v) is 11.6. The van der Waals surface area contributed by atoms with Crippen LogP contribution in [0.4, 0.5) is 0 Å². The van der Waals surface area contributed by atoms with Crippen molar-refractivity contribution in [1.82, 2.24) is 0 Å². The molecular formula is C15H24O3. The van der Waals surface area contributed by atoms with Gasteiger partial charge in [-0.1, -0.05) is 27.2 Å². The van der Waals surface area contributed by atoms with E-state index in [1.165, 1.54) is 12.8 Å². The minimum atomic E-state index is -0.364. The van der Waals surface area contributed by atoms with Gasteiger partial charge in [-0.15, -0.1) is 0 Å². The molecule has 0 aromatic rings. The van der Waals surface area contributed by atoms with Crippen LogP contribution in [-0.4, -0.2) is 23.8 Å². The number of cyclic esters (lactones) is 1. The largest absolute Gasteiger partial charge is 0.465 e. The standard InChI is InChI=1S/C15H24O3/c1-14(2)5-4-6-15(3)11(14)7-10(16)9-8-18-13(17)12(9)15/h9-12,16H,4-8H2,1-3H3/t9-,10+,11+,12-,15+/m1/s1. The molecule has 3 fully saturated rings. The van der Waals surface area contributed by atoms with Crippen LogP contribution >= 0.6 is 0 Å². The van der Waals surface area contributed by atoms with Gasteiger partial charge >= 0.3 is 5.97 Å². The van der Waals surface area contributed by atoms with E-state index in [0.717, 1.165) is 12.8 Å². The second-order valence-corrected chi connectivity index (χ2v) is 7.48. The molecule has 0 spiro atoms. The lowest BCUT2D eigenvalue weighted by Gasteiger charge is -2.57. The Morgan fingerprint density at radius 2 is 2.00 bits per heavy atom. The van der Waals surface area contributed by atoms with E-state index >= 15 is 0 Å². The molecule has 1 N–H and O–H groups in total. The van der Waals surface area contributed by atoms with Crippen LogP contribution in [0, 0.1) is 28.6 Å². The van der Waals surface area contributed by atoms with E-state index in [1.807, 2.05) is 0 Å². The number of aliphatic hydroxyl groups excluding tert-OH is 1. The van der Waals surface area contributed by atoms with E-state index < -0.39 is 0 Å². The summed E-state index contributed by atoms with van der Waals surface area (Å²) in [6.07, 6.45) is 3.96. The smallest absolute Gasteiger partial charge is 0.310 e. The third-order valence-electron chi connectivity index (χ3n) is 6.06.